The molecule has 0 spiro atoms. The molecule has 26 heavy (non-hydrogen) atoms. The normalized spacial score (nSPS) is 11.2. The van der Waals surface area contributed by atoms with Crippen molar-refractivity contribution in [3.8, 4) is 11.5 Å². The number of nitrogens with one attached hydrogen (secondary N) is 2. The zero-order chi connectivity index (χ0) is 18.2. The van der Waals surface area contributed by atoms with E-state index in [1.165, 1.54) is 6.33 Å². The molecule has 3 rings (SSSR count). The fourth-order valence-electron chi connectivity index (χ4n) is 2.41. The van der Waals surface area contributed by atoms with Gasteiger partial charge in [-0.05, 0) is 18.2 Å². The molecule has 1 aromatic heterocycles. The number of guanidine groups is 1. The van der Waals surface area contributed by atoms with Crippen molar-refractivity contribution in [1.29, 1.82) is 0 Å². The number of rotatable bonds is 6. The molecule has 0 aliphatic heterocycles. The Labute approximate surface area is 152 Å². The average molecular weight is 350 g/mol. The molecule has 7 heteroatoms. The second kappa shape index (κ2) is 8.66. The van der Waals surface area contributed by atoms with Crippen molar-refractivity contribution in [3.05, 3.63) is 72.3 Å². The van der Waals surface area contributed by atoms with Crippen molar-refractivity contribution in [1.82, 2.24) is 25.4 Å². The molecule has 134 valence electrons. The van der Waals surface area contributed by atoms with Crippen molar-refractivity contribution in [3.63, 3.8) is 0 Å². The first-order chi connectivity index (χ1) is 12.8. The van der Waals surface area contributed by atoms with E-state index in [0.29, 0.717) is 19.0 Å². The van der Waals surface area contributed by atoms with E-state index >= 15 is 0 Å². The SMILES string of the molecule is CN=C(NCc1ccccc1Oc1ccccc1)NCc1ncnn1C. The van der Waals surface area contributed by atoms with Gasteiger partial charge < -0.3 is 15.4 Å². The zero-order valence-corrected chi connectivity index (χ0v) is 14.9. The number of hydrogen-bond acceptors (Lipinski definition) is 4. The monoisotopic (exact) mass is 350 g/mol. The largest absolute Gasteiger partial charge is 0.457 e. The molecule has 0 unspecified atom stereocenters. The highest BCUT2D eigenvalue weighted by Gasteiger charge is 2.07. The van der Waals surface area contributed by atoms with Gasteiger partial charge in [0.15, 0.2) is 5.96 Å². The Morgan fingerprint density at radius 3 is 2.50 bits per heavy atom. The molecule has 0 atom stereocenters. The van der Waals surface area contributed by atoms with Crippen LogP contribution >= 0.6 is 0 Å². The van der Waals surface area contributed by atoms with Crippen LogP contribution in [0.2, 0.25) is 0 Å². The predicted octanol–water partition coefficient (Wildman–Crippen LogP) is 2.47. The van der Waals surface area contributed by atoms with Gasteiger partial charge in [0.1, 0.15) is 23.7 Å². The van der Waals surface area contributed by atoms with Crippen LogP contribution in [-0.4, -0.2) is 27.8 Å². The van der Waals surface area contributed by atoms with Crippen molar-refractivity contribution in [2.24, 2.45) is 12.0 Å². The number of nitrogens with zero attached hydrogens (tertiary/aromatic N) is 4. The van der Waals surface area contributed by atoms with E-state index in [-0.39, 0.29) is 0 Å². The van der Waals surface area contributed by atoms with Crippen molar-refractivity contribution in [2.45, 2.75) is 13.1 Å². The van der Waals surface area contributed by atoms with Crippen LogP contribution < -0.4 is 15.4 Å². The Morgan fingerprint density at radius 1 is 1.04 bits per heavy atom. The van der Waals surface area contributed by atoms with Crippen LogP contribution in [0.15, 0.2) is 65.9 Å². The highest BCUT2D eigenvalue weighted by molar-refractivity contribution is 5.79. The van der Waals surface area contributed by atoms with Crippen molar-refractivity contribution < 1.29 is 4.74 Å². The standard InChI is InChI=1S/C19H22N6O/c1-20-19(22-13-18-23-14-24-25(18)2)21-12-15-8-6-7-11-17(15)26-16-9-4-3-5-10-16/h3-11,14H,12-13H2,1-2H3,(H2,20,21,22). The number of benzene rings is 2. The first kappa shape index (κ1) is 17.5. The van der Waals surface area contributed by atoms with Crippen LogP contribution in [0.3, 0.4) is 0 Å². The minimum absolute atomic E-state index is 0.540. The molecule has 0 amide bonds. The third kappa shape index (κ3) is 4.60. The van der Waals surface area contributed by atoms with E-state index in [1.54, 1.807) is 11.7 Å². The lowest BCUT2D eigenvalue weighted by molar-refractivity contribution is 0.475. The maximum Gasteiger partial charge on any atom is 0.191 e. The van der Waals surface area contributed by atoms with Crippen LogP contribution in [-0.2, 0) is 20.1 Å². The number of aliphatic imine (C=N–C) groups is 1. The summed E-state index contributed by atoms with van der Waals surface area (Å²) in [6, 6.07) is 17.7. The Kier molecular flexibility index (Phi) is 5.82. The van der Waals surface area contributed by atoms with E-state index in [0.717, 1.165) is 22.9 Å². The lowest BCUT2D eigenvalue weighted by Gasteiger charge is -2.14. The van der Waals surface area contributed by atoms with Crippen molar-refractivity contribution >= 4 is 5.96 Å². The topological polar surface area (TPSA) is 76.4 Å². The van der Waals surface area contributed by atoms with Crippen LogP contribution in [0.4, 0.5) is 0 Å². The average Bonchev–Trinajstić information content (AvgIpc) is 3.09. The Bertz CT molecular complexity index is 859. The molecule has 0 radical (unpaired) electrons. The molecule has 0 aliphatic carbocycles. The zero-order valence-electron chi connectivity index (χ0n) is 14.9. The van der Waals surface area contributed by atoms with E-state index < -0.39 is 0 Å². The lowest BCUT2D eigenvalue weighted by atomic mass is 10.2. The molecular formula is C19H22N6O. The molecule has 0 aliphatic rings. The third-order valence-corrected chi connectivity index (χ3v) is 3.83. The summed E-state index contributed by atoms with van der Waals surface area (Å²) >= 11 is 0. The van der Waals surface area contributed by atoms with Gasteiger partial charge >= 0.3 is 0 Å². The molecule has 2 N–H and O–H groups in total. The number of aromatic nitrogens is 3. The summed E-state index contributed by atoms with van der Waals surface area (Å²) in [5.41, 5.74) is 1.04. The van der Waals surface area contributed by atoms with E-state index in [9.17, 15) is 0 Å². The first-order valence-corrected chi connectivity index (χ1v) is 8.34. The Hall–Kier alpha value is -3.35. The quantitative estimate of drug-likeness (QED) is 0.528. The number of aryl methyl sites for hydroxylation is 1. The van der Waals surface area contributed by atoms with Gasteiger partial charge in [0.05, 0.1) is 6.54 Å². The summed E-state index contributed by atoms with van der Waals surface area (Å²) < 4.78 is 7.71. The van der Waals surface area contributed by atoms with Gasteiger partial charge in [-0.3, -0.25) is 9.67 Å². The molecule has 2 aromatic carbocycles. The molecule has 3 aromatic rings. The number of ether oxygens (including phenoxy) is 1. The summed E-state index contributed by atoms with van der Waals surface area (Å²) in [4.78, 5) is 8.43. The maximum atomic E-state index is 5.99. The second-order valence-corrected chi connectivity index (χ2v) is 5.60. The molecule has 7 nitrogen and oxygen atoms in total. The smallest absolute Gasteiger partial charge is 0.191 e. The minimum Gasteiger partial charge on any atom is -0.457 e. The van der Waals surface area contributed by atoms with Crippen LogP contribution in [0.25, 0.3) is 0 Å². The van der Waals surface area contributed by atoms with Crippen LogP contribution in [0.1, 0.15) is 11.4 Å². The van der Waals surface area contributed by atoms with Gasteiger partial charge in [-0.1, -0.05) is 36.4 Å². The summed E-state index contributed by atoms with van der Waals surface area (Å²) in [7, 11) is 3.59. The molecule has 0 saturated carbocycles. The highest BCUT2D eigenvalue weighted by Crippen LogP contribution is 2.24. The van der Waals surface area contributed by atoms with Gasteiger partial charge in [-0.2, -0.15) is 5.10 Å². The van der Waals surface area contributed by atoms with Gasteiger partial charge in [-0.15, -0.1) is 0 Å². The van der Waals surface area contributed by atoms with E-state index in [2.05, 4.69) is 25.7 Å². The Balaban J connectivity index is 1.60. The molecule has 0 fully saturated rings. The first-order valence-electron chi connectivity index (χ1n) is 8.34. The summed E-state index contributed by atoms with van der Waals surface area (Å²) in [6.45, 7) is 1.12. The van der Waals surface area contributed by atoms with Gasteiger partial charge in [0, 0.05) is 26.2 Å². The molecule has 0 saturated heterocycles. The van der Waals surface area contributed by atoms with Gasteiger partial charge in [0.2, 0.25) is 0 Å². The third-order valence-electron chi connectivity index (χ3n) is 3.83. The maximum absolute atomic E-state index is 5.99. The summed E-state index contributed by atoms with van der Waals surface area (Å²) in [5.74, 6) is 3.14. The number of para-hydroxylation sites is 2. The second-order valence-electron chi connectivity index (χ2n) is 5.60. The van der Waals surface area contributed by atoms with Gasteiger partial charge in [-0.25, -0.2) is 4.98 Å². The van der Waals surface area contributed by atoms with Gasteiger partial charge in [0.25, 0.3) is 0 Å². The van der Waals surface area contributed by atoms with Crippen LogP contribution in [0, 0.1) is 0 Å². The fraction of sp³-hybridized carbons (Fsp3) is 0.211. The minimum atomic E-state index is 0.540. The van der Waals surface area contributed by atoms with E-state index in [4.69, 9.17) is 4.74 Å². The predicted molar refractivity (Wildman–Crippen MR) is 101 cm³/mol. The van der Waals surface area contributed by atoms with Crippen LogP contribution in [0.5, 0.6) is 11.5 Å². The van der Waals surface area contributed by atoms with Crippen molar-refractivity contribution in [2.75, 3.05) is 7.05 Å². The summed E-state index contributed by atoms with van der Waals surface area (Å²) in [6.07, 6.45) is 1.53. The lowest BCUT2D eigenvalue weighted by Crippen LogP contribution is -2.37. The van der Waals surface area contributed by atoms with E-state index in [1.807, 2.05) is 61.6 Å². The molecule has 0 bridgehead atoms. The highest BCUT2D eigenvalue weighted by atomic mass is 16.5. The molecule has 1 heterocycles. The summed E-state index contributed by atoms with van der Waals surface area (Å²) in [5, 5.41) is 10.6. The molecular weight excluding hydrogens is 328 g/mol. The fourth-order valence-corrected chi connectivity index (χ4v) is 2.41. The number of hydrogen-bond donors (Lipinski definition) is 2. The Morgan fingerprint density at radius 2 is 1.77 bits per heavy atom.